The minimum absolute atomic E-state index is 0.219. The van der Waals surface area contributed by atoms with E-state index in [1.54, 1.807) is 24.3 Å². The number of carbonyl (C=O) groups excluding carboxylic acids is 2. The maximum Gasteiger partial charge on any atom is 0.308 e. The van der Waals surface area contributed by atoms with E-state index in [4.69, 9.17) is 21.7 Å². The zero-order valence-electron chi connectivity index (χ0n) is 10.8. The molecule has 0 bridgehead atoms. The number of ether oxygens (including phenoxy) is 2. The SMILES string of the molecule is COc1cc(/C=C2\SC(=S)NC2=O)ccc1OC(C)=O. The van der Waals surface area contributed by atoms with E-state index in [0.717, 1.165) is 5.56 Å². The first kappa shape index (κ1) is 14.5. The number of thiocarbonyl (C=S) groups is 1. The van der Waals surface area contributed by atoms with Crippen molar-refractivity contribution >= 4 is 46.3 Å². The summed E-state index contributed by atoms with van der Waals surface area (Å²) >= 11 is 6.12. The summed E-state index contributed by atoms with van der Waals surface area (Å²) in [6, 6.07) is 5.02. The summed E-state index contributed by atoms with van der Waals surface area (Å²) in [5, 5.41) is 2.54. The van der Waals surface area contributed by atoms with Gasteiger partial charge < -0.3 is 14.8 Å². The second-order valence-electron chi connectivity index (χ2n) is 3.86. The van der Waals surface area contributed by atoms with Gasteiger partial charge in [0.1, 0.15) is 4.32 Å². The Morgan fingerprint density at radius 1 is 1.40 bits per heavy atom. The molecule has 104 valence electrons. The van der Waals surface area contributed by atoms with Crippen LogP contribution in [0.2, 0.25) is 0 Å². The fraction of sp³-hybridized carbons (Fsp3) is 0.154. The molecule has 1 N–H and O–H groups in total. The number of thioether (sulfide) groups is 1. The summed E-state index contributed by atoms with van der Waals surface area (Å²) in [5.41, 5.74) is 0.750. The Labute approximate surface area is 125 Å². The van der Waals surface area contributed by atoms with E-state index in [2.05, 4.69) is 5.32 Å². The van der Waals surface area contributed by atoms with Gasteiger partial charge >= 0.3 is 5.97 Å². The van der Waals surface area contributed by atoms with Crippen molar-refractivity contribution in [1.82, 2.24) is 5.32 Å². The highest BCUT2D eigenvalue weighted by atomic mass is 32.2. The summed E-state index contributed by atoms with van der Waals surface area (Å²) in [6.07, 6.45) is 1.69. The van der Waals surface area contributed by atoms with Crippen LogP contribution in [0, 0.1) is 0 Å². The van der Waals surface area contributed by atoms with Crippen LogP contribution in [0.5, 0.6) is 11.5 Å². The molecule has 5 nitrogen and oxygen atoms in total. The second-order valence-corrected chi connectivity index (χ2v) is 5.58. The van der Waals surface area contributed by atoms with Gasteiger partial charge in [-0.15, -0.1) is 0 Å². The summed E-state index contributed by atoms with van der Waals surface area (Å²) < 4.78 is 10.6. The molecule has 0 spiro atoms. The second kappa shape index (κ2) is 6.06. The Kier molecular flexibility index (Phi) is 4.41. The minimum Gasteiger partial charge on any atom is -0.493 e. The summed E-state index contributed by atoms with van der Waals surface area (Å²) in [4.78, 5) is 23.0. The van der Waals surface area contributed by atoms with E-state index >= 15 is 0 Å². The normalized spacial score (nSPS) is 16.2. The Hall–Kier alpha value is -1.86. The lowest BCUT2D eigenvalue weighted by Gasteiger charge is -2.08. The van der Waals surface area contributed by atoms with Crippen LogP contribution in [0.1, 0.15) is 12.5 Å². The van der Waals surface area contributed by atoms with Crippen molar-refractivity contribution in [3.63, 3.8) is 0 Å². The average Bonchev–Trinajstić information content (AvgIpc) is 2.69. The maximum atomic E-state index is 11.6. The molecule has 0 aliphatic carbocycles. The van der Waals surface area contributed by atoms with Crippen LogP contribution in [0.25, 0.3) is 6.08 Å². The quantitative estimate of drug-likeness (QED) is 0.399. The van der Waals surface area contributed by atoms with Gasteiger partial charge in [0, 0.05) is 6.92 Å². The van der Waals surface area contributed by atoms with Gasteiger partial charge in [0.05, 0.1) is 12.0 Å². The Morgan fingerprint density at radius 2 is 2.15 bits per heavy atom. The molecule has 1 aliphatic heterocycles. The number of hydrogen-bond donors (Lipinski definition) is 1. The van der Waals surface area contributed by atoms with Crippen molar-refractivity contribution in [2.24, 2.45) is 0 Å². The third-order valence-corrected chi connectivity index (χ3v) is 3.54. The molecule has 0 aromatic heterocycles. The zero-order valence-corrected chi connectivity index (χ0v) is 12.4. The van der Waals surface area contributed by atoms with Crippen LogP contribution in [0.15, 0.2) is 23.1 Å². The molecule has 1 fully saturated rings. The fourth-order valence-electron chi connectivity index (χ4n) is 1.59. The van der Waals surface area contributed by atoms with Crippen molar-refractivity contribution in [1.29, 1.82) is 0 Å². The molecule has 20 heavy (non-hydrogen) atoms. The van der Waals surface area contributed by atoms with Crippen molar-refractivity contribution in [2.75, 3.05) is 7.11 Å². The van der Waals surface area contributed by atoms with E-state index < -0.39 is 5.97 Å². The van der Waals surface area contributed by atoms with Crippen molar-refractivity contribution in [3.8, 4) is 11.5 Å². The molecule has 0 saturated carbocycles. The summed E-state index contributed by atoms with van der Waals surface area (Å²) in [6.45, 7) is 1.32. The fourth-order valence-corrected chi connectivity index (χ4v) is 2.63. The average molecular weight is 309 g/mol. The Bertz CT molecular complexity index is 625. The topological polar surface area (TPSA) is 64.6 Å². The summed E-state index contributed by atoms with van der Waals surface area (Å²) in [5.74, 6) is 0.107. The molecule has 1 amide bonds. The molecule has 7 heteroatoms. The lowest BCUT2D eigenvalue weighted by Crippen LogP contribution is -2.17. The van der Waals surface area contributed by atoms with Gasteiger partial charge in [-0.05, 0) is 23.8 Å². The van der Waals surface area contributed by atoms with Crippen molar-refractivity contribution < 1.29 is 19.1 Å². The highest BCUT2D eigenvalue weighted by molar-refractivity contribution is 8.26. The Morgan fingerprint density at radius 3 is 2.70 bits per heavy atom. The predicted molar refractivity (Wildman–Crippen MR) is 80.6 cm³/mol. The molecule has 1 heterocycles. The van der Waals surface area contributed by atoms with Crippen LogP contribution >= 0.6 is 24.0 Å². The first-order chi connectivity index (χ1) is 9.49. The largest absolute Gasteiger partial charge is 0.493 e. The van der Waals surface area contributed by atoms with Crippen molar-refractivity contribution in [2.45, 2.75) is 6.92 Å². The molecule has 1 saturated heterocycles. The van der Waals surface area contributed by atoms with Crippen LogP contribution in [-0.4, -0.2) is 23.3 Å². The standard InChI is InChI=1S/C13H11NO4S2/c1-7(15)18-9-4-3-8(5-10(9)17-2)6-11-12(16)14-13(19)20-11/h3-6H,1-2H3,(H,14,16,19)/b11-6-. The third kappa shape index (κ3) is 3.37. The number of hydrogen-bond acceptors (Lipinski definition) is 6. The zero-order chi connectivity index (χ0) is 14.7. The van der Waals surface area contributed by atoms with Gasteiger partial charge in [-0.3, -0.25) is 9.59 Å². The van der Waals surface area contributed by atoms with Crippen LogP contribution < -0.4 is 14.8 Å². The molecule has 2 rings (SSSR count). The van der Waals surface area contributed by atoms with E-state index in [-0.39, 0.29) is 5.91 Å². The van der Waals surface area contributed by atoms with Gasteiger partial charge in [0.2, 0.25) is 0 Å². The van der Waals surface area contributed by atoms with E-state index in [0.29, 0.717) is 20.7 Å². The number of rotatable bonds is 3. The first-order valence-electron chi connectivity index (χ1n) is 5.61. The van der Waals surface area contributed by atoms with Crippen LogP contribution in [-0.2, 0) is 9.59 Å². The van der Waals surface area contributed by atoms with E-state index in [9.17, 15) is 9.59 Å². The number of carbonyl (C=O) groups is 2. The molecule has 0 radical (unpaired) electrons. The first-order valence-corrected chi connectivity index (χ1v) is 6.83. The molecule has 1 aromatic carbocycles. The number of amides is 1. The minimum atomic E-state index is -0.425. The van der Waals surface area contributed by atoms with Gasteiger partial charge in [0.15, 0.2) is 11.5 Å². The molecular formula is C13H11NO4S2. The van der Waals surface area contributed by atoms with Gasteiger partial charge in [-0.25, -0.2) is 0 Å². The van der Waals surface area contributed by atoms with Crippen molar-refractivity contribution in [3.05, 3.63) is 28.7 Å². The molecule has 0 unspecified atom stereocenters. The lowest BCUT2D eigenvalue weighted by molar-refractivity contribution is -0.132. The number of benzene rings is 1. The number of methoxy groups -OCH3 is 1. The molecule has 0 atom stereocenters. The van der Waals surface area contributed by atoms with Crippen LogP contribution in [0.4, 0.5) is 0 Å². The highest BCUT2D eigenvalue weighted by Gasteiger charge is 2.22. The van der Waals surface area contributed by atoms with Gasteiger partial charge in [-0.2, -0.15) is 0 Å². The monoisotopic (exact) mass is 309 g/mol. The molecular weight excluding hydrogens is 298 g/mol. The van der Waals surface area contributed by atoms with Crippen LogP contribution in [0.3, 0.4) is 0 Å². The highest BCUT2D eigenvalue weighted by Crippen LogP contribution is 2.31. The Balaban J connectivity index is 2.30. The lowest BCUT2D eigenvalue weighted by atomic mass is 10.2. The number of nitrogens with one attached hydrogen (secondary N) is 1. The molecule has 1 aromatic rings. The predicted octanol–water partition coefficient (Wildman–Crippen LogP) is 2.11. The van der Waals surface area contributed by atoms with Gasteiger partial charge in [-0.1, -0.05) is 30.0 Å². The van der Waals surface area contributed by atoms with E-state index in [1.165, 1.54) is 25.8 Å². The number of esters is 1. The summed E-state index contributed by atoms with van der Waals surface area (Å²) in [7, 11) is 1.48. The third-order valence-electron chi connectivity index (χ3n) is 2.38. The maximum absolute atomic E-state index is 11.6. The van der Waals surface area contributed by atoms with Gasteiger partial charge in [0.25, 0.3) is 5.91 Å². The van der Waals surface area contributed by atoms with E-state index in [1.807, 2.05) is 0 Å². The smallest absolute Gasteiger partial charge is 0.308 e. The molecule has 1 aliphatic rings.